The molecule has 114 valence electrons. The van der Waals surface area contributed by atoms with E-state index in [0.29, 0.717) is 13.2 Å². The van der Waals surface area contributed by atoms with E-state index in [4.69, 9.17) is 10.5 Å². The standard InChI is InChI=1S/C17H29NO2/c1-2-3-4-5-10-16(19)14-20-17-11-6-8-15(13-17)9-7-12-18/h6,8,11,13,16,19H,2-5,7,9-10,12,14,18H2,1H3. The highest BCUT2D eigenvalue weighted by Crippen LogP contribution is 2.15. The minimum absolute atomic E-state index is 0.362. The van der Waals surface area contributed by atoms with E-state index >= 15 is 0 Å². The predicted molar refractivity (Wildman–Crippen MR) is 84.1 cm³/mol. The van der Waals surface area contributed by atoms with Gasteiger partial charge in [0.05, 0.1) is 6.10 Å². The second-order valence-corrected chi connectivity index (χ2v) is 5.35. The highest BCUT2D eigenvalue weighted by atomic mass is 16.5. The molecule has 0 radical (unpaired) electrons. The fourth-order valence-corrected chi connectivity index (χ4v) is 2.18. The van der Waals surface area contributed by atoms with Crippen molar-refractivity contribution in [1.82, 2.24) is 0 Å². The van der Waals surface area contributed by atoms with Gasteiger partial charge in [0.1, 0.15) is 12.4 Å². The number of hydrogen-bond acceptors (Lipinski definition) is 3. The maximum atomic E-state index is 9.88. The molecule has 0 bridgehead atoms. The van der Waals surface area contributed by atoms with E-state index in [1.54, 1.807) is 0 Å². The molecule has 3 heteroatoms. The molecule has 1 aromatic carbocycles. The Hall–Kier alpha value is -1.06. The third-order valence-corrected chi connectivity index (χ3v) is 3.40. The monoisotopic (exact) mass is 279 g/mol. The van der Waals surface area contributed by atoms with Gasteiger partial charge in [-0.25, -0.2) is 0 Å². The number of benzene rings is 1. The summed E-state index contributed by atoms with van der Waals surface area (Å²) in [6.45, 7) is 3.28. The molecule has 0 fully saturated rings. The third-order valence-electron chi connectivity index (χ3n) is 3.40. The SMILES string of the molecule is CCCCCCC(O)COc1cccc(CCCN)c1. The third kappa shape index (κ3) is 7.51. The Labute approximate surface area is 123 Å². The summed E-state index contributed by atoms with van der Waals surface area (Å²) in [5.41, 5.74) is 6.76. The summed E-state index contributed by atoms with van der Waals surface area (Å²) in [6.07, 6.45) is 7.18. The summed E-state index contributed by atoms with van der Waals surface area (Å²) in [5.74, 6) is 0.840. The molecule has 20 heavy (non-hydrogen) atoms. The lowest BCUT2D eigenvalue weighted by Gasteiger charge is -2.13. The van der Waals surface area contributed by atoms with Crippen LogP contribution in [-0.2, 0) is 6.42 Å². The molecule has 1 aromatic rings. The second-order valence-electron chi connectivity index (χ2n) is 5.35. The first-order chi connectivity index (χ1) is 9.76. The average molecular weight is 279 g/mol. The van der Waals surface area contributed by atoms with Gasteiger partial charge in [-0.2, -0.15) is 0 Å². The Bertz CT molecular complexity index is 355. The Morgan fingerprint density at radius 2 is 2.05 bits per heavy atom. The van der Waals surface area contributed by atoms with Crippen molar-refractivity contribution in [3.63, 3.8) is 0 Å². The van der Waals surface area contributed by atoms with Crippen LogP contribution in [-0.4, -0.2) is 24.4 Å². The number of aryl methyl sites for hydroxylation is 1. The minimum Gasteiger partial charge on any atom is -0.491 e. The number of hydrogen-bond donors (Lipinski definition) is 2. The number of aliphatic hydroxyl groups is 1. The largest absolute Gasteiger partial charge is 0.491 e. The average Bonchev–Trinajstić information content (AvgIpc) is 2.48. The highest BCUT2D eigenvalue weighted by molar-refractivity contribution is 5.28. The minimum atomic E-state index is -0.362. The number of aliphatic hydroxyl groups excluding tert-OH is 1. The van der Waals surface area contributed by atoms with E-state index in [0.717, 1.165) is 31.4 Å². The lowest BCUT2D eigenvalue weighted by molar-refractivity contribution is 0.0975. The van der Waals surface area contributed by atoms with Crippen molar-refractivity contribution in [2.45, 2.75) is 58.0 Å². The van der Waals surface area contributed by atoms with Crippen LogP contribution in [0.3, 0.4) is 0 Å². The Kier molecular flexibility index (Phi) is 9.09. The van der Waals surface area contributed by atoms with Crippen molar-refractivity contribution >= 4 is 0 Å². The molecule has 1 rings (SSSR count). The van der Waals surface area contributed by atoms with Crippen molar-refractivity contribution in [3.05, 3.63) is 29.8 Å². The van der Waals surface area contributed by atoms with Gasteiger partial charge in [0, 0.05) is 0 Å². The summed E-state index contributed by atoms with van der Waals surface area (Å²) in [6, 6.07) is 8.06. The lowest BCUT2D eigenvalue weighted by Crippen LogP contribution is -2.17. The van der Waals surface area contributed by atoms with Crippen molar-refractivity contribution in [3.8, 4) is 5.75 Å². The molecular formula is C17H29NO2. The summed E-state index contributed by atoms with van der Waals surface area (Å²) in [5, 5.41) is 9.88. The quantitative estimate of drug-likeness (QED) is 0.611. The van der Waals surface area contributed by atoms with Crippen molar-refractivity contribution in [2.24, 2.45) is 5.73 Å². The number of unbranched alkanes of at least 4 members (excludes halogenated alkanes) is 3. The summed E-state index contributed by atoms with van der Waals surface area (Å²) in [7, 11) is 0. The van der Waals surface area contributed by atoms with Crippen molar-refractivity contribution in [1.29, 1.82) is 0 Å². The van der Waals surface area contributed by atoms with Crippen LogP contribution in [0.2, 0.25) is 0 Å². The van der Waals surface area contributed by atoms with Gasteiger partial charge in [-0.3, -0.25) is 0 Å². The molecule has 3 nitrogen and oxygen atoms in total. The fourth-order valence-electron chi connectivity index (χ4n) is 2.18. The molecule has 3 N–H and O–H groups in total. The zero-order valence-corrected chi connectivity index (χ0v) is 12.7. The molecule has 0 aliphatic heterocycles. The van der Waals surface area contributed by atoms with Crippen LogP contribution < -0.4 is 10.5 Å². The van der Waals surface area contributed by atoms with Gasteiger partial charge in [-0.1, -0.05) is 44.7 Å². The van der Waals surface area contributed by atoms with E-state index in [1.165, 1.54) is 24.8 Å². The van der Waals surface area contributed by atoms with E-state index in [-0.39, 0.29) is 6.10 Å². The van der Waals surface area contributed by atoms with Crippen molar-refractivity contribution in [2.75, 3.05) is 13.2 Å². The van der Waals surface area contributed by atoms with Crippen molar-refractivity contribution < 1.29 is 9.84 Å². The number of rotatable bonds is 11. The van der Waals surface area contributed by atoms with Crippen LogP contribution in [0, 0.1) is 0 Å². The summed E-state index contributed by atoms with van der Waals surface area (Å²) < 4.78 is 5.66. The second kappa shape index (κ2) is 10.7. The van der Waals surface area contributed by atoms with Gasteiger partial charge in [-0.05, 0) is 43.5 Å². The fraction of sp³-hybridized carbons (Fsp3) is 0.647. The Morgan fingerprint density at radius 3 is 2.80 bits per heavy atom. The first-order valence-electron chi connectivity index (χ1n) is 7.86. The molecule has 0 aliphatic carbocycles. The maximum absolute atomic E-state index is 9.88. The molecule has 0 aliphatic rings. The van der Waals surface area contributed by atoms with Crippen LogP contribution in [0.5, 0.6) is 5.75 Å². The van der Waals surface area contributed by atoms with Crippen LogP contribution in [0.1, 0.15) is 51.0 Å². The topological polar surface area (TPSA) is 55.5 Å². The summed E-state index contributed by atoms with van der Waals surface area (Å²) in [4.78, 5) is 0. The predicted octanol–water partition coefficient (Wildman–Crippen LogP) is 3.29. The van der Waals surface area contributed by atoms with E-state index in [1.807, 2.05) is 18.2 Å². The zero-order valence-electron chi connectivity index (χ0n) is 12.7. The van der Waals surface area contributed by atoms with Crippen LogP contribution in [0.4, 0.5) is 0 Å². The molecular weight excluding hydrogens is 250 g/mol. The molecule has 1 unspecified atom stereocenters. The van der Waals surface area contributed by atoms with E-state index in [2.05, 4.69) is 13.0 Å². The summed E-state index contributed by atoms with van der Waals surface area (Å²) >= 11 is 0. The molecule has 0 amide bonds. The lowest BCUT2D eigenvalue weighted by atomic mass is 10.1. The van der Waals surface area contributed by atoms with Crippen LogP contribution in [0.15, 0.2) is 24.3 Å². The normalized spacial score (nSPS) is 12.3. The molecule has 0 heterocycles. The van der Waals surface area contributed by atoms with Crippen LogP contribution in [0.25, 0.3) is 0 Å². The van der Waals surface area contributed by atoms with Gasteiger partial charge in [-0.15, -0.1) is 0 Å². The first kappa shape index (κ1) is 17.0. The Balaban J connectivity index is 2.26. The number of nitrogens with two attached hydrogens (primary N) is 1. The van der Waals surface area contributed by atoms with E-state index in [9.17, 15) is 5.11 Å². The first-order valence-corrected chi connectivity index (χ1v) is 7.86. The zero-order chi connectivity index (χ0) is 14.6. The van der Waals surface area contributed by atoms with E-state index < -0.39 is 0 Å². The molecule has 0 spiro atoms. The van der Waals surface area contributed by atoms with Gasteiger partial charge in [0.15, 0.2) is 0 Å². The molecule has 0 saturated carbocycles. The van der Waals surface area contributed by atoms with Gasteiger partial charge < -0.3 is 15.6 Å². The highest BCUT2D eigenvalue weighted by Gasteiger charge is 2.05. The molecule has 0 saturated heterocycles. The molecule has 1 atom stereocenters. The smallest absolute Gasteiger partial charge is 0.119 e. The van der Waals surface area contributed by atoms with Gasteiger partial charge in [0.25, 0.3) is 0 Å². The van der Waals surface area contributed by atoms with Gasteiger partial charge in [0.2, 0.25) is 0 Å². The number of ether oxygens (including phenoxy) is 1. The van der Waals surface area contributed by atoms with Gasteiger partial charge >= 0.3 is 0 Å². The molecule has 0 aromatic heterocycles. The Morgan fingerprint density at radius 1 is 1.20 bits per heavy atom. The van der Waals surface area contributed by atoms with Crippen LogP contribution >= 0.6 is 0 Å². The maximum Gasteiger partial charge on any atom is 0.119 e.